The molecule has 2 aromatic rings. The Bertz CT molecular complexity index is 605. The maximum Gasteiger partial charge on any atom is 0.179 e. The first-order valence-corrected chi connectivity index (χ1v) is 6.70. The molecule has 0 atom stereocenters. The Balaban J connectivity index is 2.55. The van der Waals surface area contributed by atoms with Gasteiger partial charge in [-0.2, -0.15) is 0 Å². The van der Waals surface area contributed by atoms with Crippen LogP contribution in [0.5, 0.6) is 0 Å². The highest BCUT2D eigenvalue weighted by Crippen LogP contribution is 2.19. The van der Waals surface area contributed by atoms with E-state index in [1.54, 1.807) is 12.1 Å². The lowest BCUT2D eigenvalue weighted by molar-refractivity contribution is 0.596. The molecule has 0 amide bonds. The van der Waals surface area contributed by atoms with Crippen molar-refractivity contribution >= 4 is 20.6 Å². The molecular formula is C12H13NO2S. The zero-order valence-corrected chi connectivity index (χ0v) is 9.57. The molecule has 16 heavy (non-hydrogen) atoms. The molecule has 4 heteroatoms. The third-order valence-electron chi connectivity index (χ3n) is 2.47. The first-order valence-electron chi connectivity index (χ1n) is 5.05. The van der Waals surface area contributed by atoms with Crippen LogP contribution in [0.25, 0.3) is 10.8 Å². The fraction of sp³-hybridized carbons (Fsp3) is 0.167. The molecule has 0 aliphatic carbocycles. The van der Waals surface area contributed by atoms with Gasteiger partial charge in [-0.1, -0.05) is 30.3 Å². The number of hydrogen-bond donors (Lipinski definition) is 1. The van der Waals surface area contributed by atoms with Gasteiger partial charge in [0, 0.05) is 6.54 Å². The van der Waals surface area contributed by atoms with Crippen LogP contribution in [0.2, 0.25) is 0 Å². The van der Waals surface area contributed by atoms with Crippen LogP contribution in [0.4, 0.5) is 0 Å². The van der Waals surface area contributed by atoms with E-state index in [1.807, 2.05) is 30.3 Å². The molecule has 0 spiro atoms. The average molecular weight is 235 g/mol. The van der Waals surface area contributed by atoms with Crippen molar-refractivity contribution in [2.24, 2.45) is 5.73 Å². The molecule has 0 radical (unpaired) electrons. The van der Waals surface area contributed by atoms with Crippen molar-refractivity contribution in [2.75, 3.05) is 12.3 Å². The second kappa shape index (κ2) is 4.23. The van der Waals surface area contributed by atoms with E-state index in [2.05, 4.69) is 0 Å². The number of benzene rings is 2. The third kappa shape index (κ3) is 2.08. The van der Waals surface area contributed by atoms with Crippen LogP contribution in [-0.2, 0) is 9.84 Å². The molecule has 2 rings (SSSR count). The topological polar surface area (TPSA) is 60.2 Å². The predicted octanol–water partition coefficient (Wildman–Crippen LogP) is 1.57. The molecule has 0 aromatic heterocycles. The summed E-state index contributed by atoms with van der Waals surface area (Å²) in [6.45, 7) is 0.148. The molecule has 0 heterocycles. The first-order chi connectivity index (χ1) is 7.63. The highest BCUT2D eigenvalue weighted by molar-refractivity contribution is 7.91. The highest BCUT2D eigenvalue weighted by atomic mass is 32.2. The Morgan fingerprint density at radius 1 is 1.00 bits per heavy atom. The van der Waals surface area contributed by atoms with Crippen molar-refractivity contribution in [3.63, 3.8) is 0 Å². The van der Waals surface area contributed by atoms with E-state index in [0.29, 0.717) is 4.90 Å². The summed E-state index contributed by atoms with van der Waals surface area (Å²) in [6.07, 6.45) is 0. The Hall–Kier alpha value is -1.39. The van der Waals surface area contributed by atoms with E-state index in [9.17, 15) is 8.42 Å². The van der Waals surface area contributed by atoms with Crippen molar-refractivity contribution in [1.29, 1.82) is 0 Å². The lowest BCUT2D eigenvalue weighted by Gasteiger charge is -2.04. The van der Waals surface area contributed by atoms with Crippen molar-refractivity contribution in [3.8, 4) is 0 Å². The van der Waals surface area contributed by atoms with Gasteiger partial charge < -0.3 is 5.73 Å². The zero-order valence-electron chi connectivity index (χ0n) is 8.76. The minimum Gasteiger partial charge on any atom is -0.329 e. The summed E-state index contributed by atoms with van der Waals surface area (Å²) < 4.78 is 23.6. The van der Waals surface area contributed by atoms with E-state index in [-0.39, 0.29) is 12.3 Å². The number of sulfone groups is 1. The number of fused-ring (bicyclic) bond motifs is 1. The van der Waals surface area contributed by atoms with E-state index in [1.165, 1.54) is 0 Å². The monoisotopic (exact) mass is 235 g/mol. The molecule has 3 nitrogen and oxygen atoms in total. The lowest BCUT2D eigenvalue weighted by atomic mass is 10.1. The molecule has 84 valence electrons. The van der Waals surface area contributed by atoms with E-state index < -0.39 is 9.84 Å². The lowest BCUT2D eigenvalue weighted by Crippen LogP contribution is -2.15. The number of rotatable bonds is 3. The second-order valence-electron chi connectivity index (χ2n) is 3.62. The average Bonchev–Trinajstić information content (AvgIpc) is 2.28. The van der Waals surface area contributed by atoms with Crippen molar-refractivity contribution in [3.05, 3.63) is 42.5 Å². The predicted molar refractivity (Wildman–Crippen MR) is 65.1 cm³/mol. The van der Waals surface area contributed by atoms with Gasteiger partial charge in [-0.05, 0) is 22.9 Å². The maximum absolute atomic E-state index is 11.8. The maximum atomic E-state index is 11.8. The Kier molecular flexibility index (Phi) is 2.94. The second-order valence-corrected chi connectivity index (χ2v) is 5.73. The molecule has 2 N–H and O–H groups in total. The van der Waals surface area contributed by atoms with Gasteiger partial charge in [0.25, 0.3) is 0 Å². The SMILES string of the molecule is NCCS(=O)(=O)c1ccc2ccccc2c1. The van der Waals surface area contributed by atoms with Crippen LogP contribution in [0.15, 0.2) is 47.4 Å². The van der Waals surface area contributed by atoms with E-state index in [4.69, 9.17) is 5.73 Å². The van der Waals surface area contributed by atoms with Crippen molar-refractivity contribution in [1.82, 2.24) is 0 Å². The standard InChI is InChI=1S/C12H13NO2S/c13-7-8-16(14,15)12-6-5-10-3-1-2-4-11(10)9-12/h1-6,9H,7-8,13H2. The molecule has 0 bridgehead atoms. The van der Waals surface area contributed by atoms with Gasteiger partial charge in [-0.3, -0.25) is 0 Å². The van der Waals surface area contributed by atoms with Crippen LogP contribution in [0, 0.1) is 0 Å². The molecule has 0 fully saturated rings. The molecule has 0 aliphatic heterocycles. The van der Waals surface area contributed by atoms with Gasteiger partial charge in [0.2, 0.25) is 0 Å². The Morgan fingerprint density at radius 2 is 1.69 bits per heavy atom. The van der Waals surface area contributed by atoms with Gasteiger partial charge in [0.05, 0.1) is 10.6 Å². The van der Waals surface area contributed by atoms with Gasteiger partial charge in [-0.25, -0.2) is 8.42 Å². The number of hydrogen-bond acceptors (Lipinski definition) is 3. The molecular weight excluding hydrogens is 222 g/mol. The molecule has 0 saturated heterocycles. The fourth-order valence-electron chi connectivity index (χ4n) is 1.63. The Labute approximate surface area is 94.8 Å². The van der Waals surface area contributed by atoms with E-state index in [0.717, 1.165) is 10.8 Å². The molecule has 0 aliphatic rings. The minimum absolute atomic E-state index is 0.00859. The van der Waals surface area contributed by atoms with Gasteiger partial charge in [-0.15, -0.1) is 0 Å². The largest absolute Gasteiger partial charge is 0.329 e. The summed E-state index contributed by atoms with van der Waals surface area (Å²) in [4.78, 5) is 0.344. The Morgan fingerprint density at radius 3 is 2.38 bits per heavy atom. The molecule has 0 unspecified atom stereocenters. The summed E-state index contributed by atoms with van der Waals surface area (Å²) in [5, 5.41) is 1.97. The van der Waals surface area contributed by atoms with Crippen LogP contribution in [0.1, 0.15) is 0 Å². The zero-order chi connectivity index (χ0) is 11.6. The quantitative estimate of drug-likeness (QED) is 0.878. The normalized spacial score (nSPS) is 11.8. The van der Waals surface area contributed by atoms with Gasteiger partial charge >= 0.3 is 0 Å². The first kappa shape index (κ1) is 11.1. The summed E-state index contributed by atoms with van der Waals surface area (Å²) in [5.41, 5.74) is 5.29. The fourth-order valence-corrected chi connectivity index (χ4v) is 2.76. The van der Waals surface area contributed by atoms with Crippen LogP contribution >= 0.6 is 0 Å². The number of nitrogens with two attached hydrogens (primary N) is 1. The minimum atomic E-state index is -3.23. The van der Waals surface area contributed by atoms with Crippen LogP contribution in [0.3, 0.4) is 0 Å². The van der Waals surface area contributed by atoms with E-state index >= 15 is 0 Å². The summed E-state index contributed by atoms with van der Waals surface area (Å²) in [6, 6.07) is 12.8. The third-order valence-corrected chi connectivity index (χ3v) is 4.21. The van der Waals surface area contributed by atoms with Gasteiger partial charge in [0.15, 0.2) is 9.84 Å². The van der Waals surface area contributed by atoms with Gasteiger partial charge in [0.1, 0.15) is 0 Å². The van der Waals surface area contributed by atoms with Crippen LogP contribution in [-0.4, -0.2) is 20.7 Å². The molecule has 2 aromatic carbocycles. The molecule has 0 saturated carbocycles. The van der Waals surface area contributed by atoms with Crippen molar-refractivity contribution in [2.45, 2.75) is 4.90 Å². The summed E-state index contributed by atoms with van der Waals surface area (Å²) >= 11 is 0. The summed E-state index contributed by atoms with van der Waals surface area (Å²) in [5.74, 6) is -0.00859. The summed E-state index contributed by atoms with van der Waals surface area (Å²) in [7, 11) is -3.23. The smallest absolute Gasteiger partial charge is 0.179 e. The van der Waals surface area contributed by atoms with Crippen molar-refractivity contribution < 1.29 is 8.42 Å². The van der Waals surface area contributed by atoms with Crippen LogP contribution < -0.4 is 5.73 Å². The highest BCUT2D eigenvalue weighted by Gasteiger charge is 2.13.